The molecule has 16 amide bonds. The SMILES string of the molecule is CC[C@H](C)[C@H](NC(=O)[C@@H](NC(=O)[C@H](Cc1c[nH]c2ccccc12)NC(C)=O)[C@@H](C)O)C(=O)N[C@H]1CSSC[C@@H](C(=O)N[C@@H](Cc2c[nH]c3ccccc23)C(=O)N2CCC[C@H]2C(=O)N[C@H](CCCCNC(=O)CN2CCN(CC(=O)O)CCN(CC(=O)O)CCN(CC(=O)O)CC2)C(N)=O)NC(=O)[C@H](CC(=O)O)NC(=O)[C@H](CCC(=O)O)NC(=O)[C@H](Cc2c[nH]c3ccccc23)NC(=O)[C@H](CC(N)=O)NC(=O)[C@H](CCC(=O)O)NC1=O. The van der Waals surface area contributed by atoms with Gasteiger partial charge in [-0.1, -0.05) is 96.5 Å². The molecule has 0 aliphatic carbocycles. The Kier molecular flexibility index (Phi) is 46.0. The van der Waals surface area contributed by atoms with Gasteiger partial charge >= 0.3 is 35.8 Å². The summed E-state index contributed by atoms with van der Waals surface area (Å²) < 4.78 is 0. The number of H-pyrrole nitrogens is 3. The zero-order chi connectivity index (χ0) is 110. The number of aliphatic carboxylic acids is 6. The van der Waals surface area contributed by atoms with Gasteiger partial charge in [-0.15, -0.1) is 0 Å². The minimum absolute atomic E-state index is 0.0291. The van der Waals surface area contributed by atoms with Crippen molar-refractivity contribution in [2.24, 2.45) is 17.4 Å². The molecule has 0 saturated carbocycles. The third-order valence-corrected chi connectivity index (χ3v) is 28.1. The van der Waals surface area contributed by atoms with Gasteiger partial charge in [-0.25, -0.2) is 0 Å². The Hall–Kier alpha value is -14.9. The second-order valence-corrected chi connectivity index (χ2v) is 39.6. The summed E-state index contributed by atoms with van der Waals surface area (Å²) in [5.41, 5.74) is 14.6. The van der Waals surface area contributed by atoms with Crippen molar-refractivity contribution in [1.82, 2.24) is 109 Å². The molecule has 3 aliphatic heterocycles. The number of nitrogens with two attached hydrogens (primary N) is 2. The molecule has 3 aliphatic rings. The molecule has 6 aromatic rings. The number of likely N-dealkylation sites (tertiary alicyclic amines) is 1. The standard InChI is InChI=1S/C96H131N23O29S2/c1-5-51(2)82(113-95(147)83(52(3)120)114-90(142)66(103-53(4)121)37-54-42-100-60-18-9-6-15-57(54)60)94(146)112-72-50-150-149-49-71(111-89(141)69(41-78(128)129)109-86(138)64(23-25-76(124)125)105-87(139)67(38-55-43-101-61-19-10-7-16-58(55)61)107-88(140)68(40-74(97)122)108-85(137)65(106-91(72)143)24-26-77(126)127)92(144)110-70(39-56-44-102-62-20-11-8-17-59(56)62)96(148)119-28-14-22-73(119)93(145)104-63(84(98)136)21-12-13-27-99-75(123)45-115-29-31-116(46-79(130)131)33-35-118(48-81(134)135)36-34-117(32-30-115)47-80(132)133/h6-11,15-20,42-44,51-52,63-73,82-83,100-102,120H,5,12-14,21-41,45-50H2,1-4H3,(H2,97,122)(H2,98,136)(H,99,123)(H,103,121)(H,104,145)(H,105,139)(H,106,143)(H,107,140)(H,108,137)(H,109,138)(H,110,144)(H,111,141)(H,112,146)(H,113,147)(H,114,142)(H,124,125)(H,126,127)(H,128,129)(H,130,131)(H,132,133)(H,134,135)/t51-,52+,63+,64-,65-,66-,67-,68-,69-,70-,71-,72-,73-,82-,83-/m0/s1. The predicted molar refractivity (Wildman–Crippen MR) is 540 cm³/mol. The molecule has 0 unspecified atom stereocenters. The van der Waals surface area contributed by atoms with E-state index in [1.165, 1.54) is 19.3 Å². The van der Waals surface area contributed by atoms with Crippen LogP contribution in [0.3, 0.4) is 0 Å². The summed E-state index contributed by atoms with van der Waals surface area (Å²) in [6.07, 6.45) is -3.73. The van der Waals surface area contributed by atoms with E-state index < -0.39 is 297 Å². The molecule has 15 atom stereocenters. The quantitative estimate of drug-likeness (QED) is 0.0126. The number of benzene rings is 3. The van der Waals surface area contributed by atoms with Crippen molar-refractivity contribution in [1.29, 1.82) is 0 Å². The van der Waals surface area contributed by atoms with Crippen LogP contribution >= 0.6 is 21.6 Å². The highest BCUT2D eigenvalue weighted by molar-refractivity contribution is 8.76. The minimum Gasteiger partial charge on any atom is -0.481 e. The zero-order valence-electron chi connectivity index (χ0n) is 83.1. The summed E-state index contributed by atoms with van der Waals surface area (Å²) in [6, 6.07) is -3.74. The number of para-hydroxylation sites is 3. The second kappa shape index (κ2) is 58.2. The van der Waals surface area contributed by atoms with E-state index in [2.05, 4.69) is 84.1 Å². The Bertz CT molecular complexity index is 5830. The second-order valence-electron chi connectivity index (χ2n) is 37.0. The third-order valence-electron chi connectivity index (χ3n) is 25.6. The number of fused-ring (bicyclic) bond motifs is 3. The van der Waals surface area contributed by atoms with Crippen LogP contribution in [0.25, 0.3) is 32.7 Å². The number of carbonyl (C=O) groups is 22. The fraction of sp³-hybridized carbons (Fsp3) is 0.521. The highest BCUT2D eigenvalue weighted by atomic mass is 33.1. The van der Waals surface area contributed by atoms with E-state index in [9.17, 15) is 112 Å². The molecule has 3 aromatic carbocycles. The zero-order valence-corrected chi connectivity index (χ0v) is 84.7. The number of primary amides is 2. The van der Waals surface area contributed by atoms with Gasteiger partial charge in [0, 0.05) is 167 Å². The van der Waals surface area contributed by atoms with Crippen molar-refractivity contribution in [2.45, 2.75) is 209 Å². The van der Waals surface area contributed by atoms with Crippen molar-refractivity contribution < 1.29 is 141 Å². The molecule has 9 rings (SSSR count). The van der Waals surface area contributed by atoms with Gasteiger partial charge in [-0.3, -0.25) is 125 Å². The molecule has 3 aromatic heterocycles. The molecule has 816 valence electrons. The first-order valence-electron chi connectivity index (χ1n) is 48.9. The van der Waals surface area contributed by atoms with Crippen molar-refractivity contribution in [3.8, 4) is 0 Å². The number of hydrogen-bond acceptors (Lipinski definition) is 29. The molecule has 0 bridgehead atoms. The Morgan fingerprint density at radius 2 is 0.893 bits per heavy atom. The van der Waals surface area contributed by atoms with Crippen LogP contribution in [0.4, 0.5) is 0 Å². The highest BCUT2D eigenvalue weighted by Gasteiger charge is 2.44. The average molecular weight is 2140 g/mol. The Morgan fingerprint density at radius 1 is 0.453 bits per heavy atom. The number of nitrogens with zero attached hydrogens (tertiary/aromatic N) is 5. The number of unbranched alkanes of at least 4 members (excludes halogenated alkanes) is 1. The lowest BCUT2D eigenvalue weighted by atomic mass is 9.97. The van der Waals surface area contributed by atoms with E-state index in [0.29, 0.717) is 65.4 Å². The molecule has 54 heteroatoms. The number of carboxylic acid groups (broad SMARTS) is 6. The number of aliphatic hydroxyl groups excluding tert-OH is 1. The first-order valence-corrected chi connectivity index (χ1v) is 51.3. The summed E-state index contributed by atoms with van der Waals surface area (Å²) in [4.78, 5) is 324. The molecule has 3 fully saturated rings. The Labute approximate surface area is 867 Å². The van der Waals surface area contributed by atoms with Crippen LogP contribution in [0, 0.1) is 5.92 Å². The maximum Gasteiger partial charge on any atom is 0.317 e. The number of nitrogens with one attached hydrogen (secondary N) is 16. The fourth-order valence-electron chi connectivity index (χ4n) is 17.5. The smallest absolute Gasteiger partial charge is 0.317 e. The number of amides is 16. The maximum absolute atomic E-state index is 15.8. The summed E-state index contributed by atoms with van der Waals surface area (Å²) >= 11 is 0. The molecule has 3 saturated heterocycles. The van der Waals surface area contributed by atoms with Crippen molar-refractivity contribution >= 4 is 185 Å². The van der Waals surface area contributed by atoms with Gasteiger partial charge in [0.05, 0.1) is 45.1 Å². The number of rotatable bonds is 45. The summed E-state index contributed by atoms with van der Waals surface area (Å²) in [5.74, 6) is -28.8. The van der Waals surface area contributed by atoms with Crippen LogP contribution in [0.5, 0.6) is 0 Å². The van der Waals surface area contributed by atoms with Gasteiger partial charge in [0.1, 0.15) is 78.5 Å². The Balaban J connectivity index is 1.03. The van der Waals surface area contributed by atoms with Gasteiger partial charge in [0.2, 0.25) is 94.5 Å². The lowest BCUT2D eigenvalue weighted by Gasteiger charge is -2.32. The van der Waals surface area contributed by atoms with E-state index in [4.69, 9.17) is 11.5 Å². The molecular formula is C96H131N23O29S2. The fourth-order valence-corrected chi connectivity index (χ4v) is 19.8. The normalized spacial score (nSPS) is 20.7. The van der Waals surface area contributed by atoms with Crippen molar-refractivity contribution in [3.05, 3.63) is 108 Å². The van der Waals surface area contributed by atoms with Crippen LogP contribution in [0.2, 0.25) is 0 Å². The van der Waals surface area contributed by atoms with E-state index in [1.54, 1.807) is 106 Å². The lowest BCUT2D eigenvalue weighted by Crippen LogP contribution is -2.62. The summed E-state index contributed by atoms with van der Waals surface area (Å²) in [7, 11) is 1.24. The van der Waals surface area contributed by atoms with E-state index in [0.717, 1.165) is 18.7 Å². The van der Waals surface area contributed by atoms with Crippen LogP contribution in [-0.2, 0) is 125 Å². The molecule has 0 radical (unpaired) electrons. The largest absolute Gasteiger partial charge is 0.481 e. The number of aliphatic hydroxyl groups is 1. The monoisotopic (exact) mass is 2130 g/mol. The minimum atomic E-state index is -2.30. The molecular weight excluding hydrogens is 2000 g/mol. The third kappa shape index (κ3) is 37.1. The van der Waals surface area contributed by atoms with Crippen molar-refractivity contribution in [3.63, 3.8) is 0 Å². The number of hydrogen-bond donors (Lipinski definition) is 25. The van der Waals surface area contributed by atoms with Crippen molar-refractivity contribution in [2.75, 3.05) is 103 Å². The topological polar surface area (TPSA) is 789 Å². The van der Waals surface area contributed by atoms with E-state index in [-0.39, 0.29) is 129 Å². The molecule has 0 spiro atoms. The van der Waals surface area contributed by atoms with Gasteiger partial charge in [0.15, 0.2) is 0 Å². The molecule has 6 heterocycles. The summed E-state index contributed by atoms with van der Waals surface area (Å²) in [6.45, 7) is 5.02. The maximum atomic E-state index is 15.8. The first-order chi connectivity index (χ1) is 71.3. The number of carbonyl (C=O) groups excluding carboxylic acids is 16. The highest BCUT2D eigenvalue weighted by Crippen LogP contribution is 2.29. The Morgan fingerprint density at radius 3 is 1.38 bits per heavy atom. The van der Waals surface area contributed by atoms with Crippen LogP contribution in [0.15, 0.2) is 91.4 Å². The van der Waals surface area contributed by atoms with Gasteiger partial charge in [-0.05, 0) is 92.7 Å². The molecule has 150 heavy (non-hydrogen) atoms. The van der Waals surface area contributed by atoms with Gasteiger partial charge in [0.25, 0.3) is 0 Å². The molecule has 27 N–H and O–H groups in total. The van der Waals surface area contributed by atoms with Gasteiger partial charge in [-0.2, -0.15) is 0 Å². The van der Waals surface area contributed by atoms with E-state index in [1.807, 2.05) is 0 Å². The van der Waals surface area contributed by atoms with Crippen LogP contribution in [0.1, 0.15) is 121 Å². The van der Waals surface area contributed by atoms with Crippen LogP contribution in [-0.4, -0.2) is 393 Å². The lowest BCUT2D eigenvalue weighted by molar-refractivity contribution is -0.143. The molecule has 52 nitrogen and oxygen atoms in total. The van der Waals surface area contributed by atoms with Gasteiger partial charge < -0.3 is 136 Å². The predicted octanol–water partition coefficient (Wildman–Crippen LogP) is -4.86. The number of carboxylic acids is 6. The van der Waals surface area contributed by atoms with Crippen LogP contribution < -0.4 is 80.6 Å². The van der Waals surface area contributed by atoms with E-state index >= 15 is 28.8 Å². The average Bonchev–Trinajstić information content (AvgIpc) is 1.65. The number of aromatic nitrogens is 3. The number of aromatic amines is 3. The first kappa shape index (κ1) is 119. The summed E-state index contributed by atoms with van der Waals surface area (Å²) in [5, 5.41) is 105.